The summed E-state index contributed by atoms with van der Waals surface area (Å²) in [7, 11) is 0. The number of nitrogens with zero attached hydrogens (tertiary/aromatic N) is 1. The molecule has 4 heteroatoms. The van der Waals surface area contributed by atoms with Crippen LogP contribution in [-0.4, -0.2) is 15.9 Å². The number of hydrogen-bond acceptors (Lipinski definition) is 1. The lowest BCUT2D eigenvalue weighted by atomic mass is 10.0. The van der Waals surface area contributed by atoms with Gasteiger partial charge in [0.1, 0.15) is 6.21 Å². The number of fused-ring (bicyclic) bond motifs is 1. The van der Waals surface area contributed by atoms with Crippen molar-refractivity contribution in [3.8, 4) is 0 Å². The Hall–Kier alpha value is -1.29. The van der Waals surface area contributed by atoms with E-state index >= 15 is 0 Å². The van der Waals surface area contributed by atoms with Crippen LogP contribution in [0.2, 0.25) is 0 Å². The third-order valence-electron chi connectivity index (χ3n) is 2.98. The summed E-state index contributed by atoms with van der Waals surface area (Å²) in [4.78, 5) is 3.21. The molecule has 17 heavy (non-hydrogen) atoms. The second-order valence-corrected chi connectivity index (χ2v) is 4.89. The van der Waals surface area contributed by atoms with Gasteiger partial charge in [0.25, 0.3) is 0 Å². The largest absolute Gasteiger partial charge is 0.624 e. The summed E-state index contributed by atoms with van der Waals surface area (Å²) in [6.45, 7) is 3.79. The Bertz CT molecular complexity index is 560. The van der Waals surface area contributed by atoms with Crippen molar-refractivity contribution >= 4 is 33.0 Å². The minimum atomic E-state index is -0.122. The van der Waals surface area contributed by atoms with Crippen LogP contribution in [0.15, 0.2) is 28.9 Å². The van der Waals surface area contributed by atoms with E-state index in [1.165, 1.54) is 0 Å². The highest BCUT2D eigenvalue weighted by molar-refractivity contribution is 9.10. The van der Waals surface area contributed by atoms with Gasteiger partial charge in [-0.15, -0.1) is 0 Å². The first-order valence-electron chi connectivity index (χ1n) is 5.68. The molecule has 0 spiro atoms. The Morgan fingerprint density at radius 1 is 1.53 bits per heavy atom. The molecule has 0 fully saturated rings. The van der Waals surface area contributed by atoms with Gasteiger partial charge in [0.2, 0.25) is 0 Å². The molecule has 2 rings (SSSR count). The van der Waals surface area contributed by atoms with Gasteiger partial charge in [0, 0.05) is 40.5 Å². The first-order valence-corrected chi connectivity index (χ1v) is 6.48. The molecule has 0 saturated heterocycles. The Morgan fingerprint density at radius 2 is 2.29 bits per heavy atom. The van der Waals surface area contributed by atoms with Gasteiger partial charge in [0.15, 0.2) is 6.04 Å². The number of halogens is 1. The van der Waals surface area contributed by atoms with Crippen molar-refractivity contribution in [2.24, 2.45) is 0 Å². The maximum atomic E-state index is 11.8. The summed E-state index contributed by atoms with van der Waals surface area (Å²) in [5.41, 5.74) is 2.11. The van der Waals surface area contributed by atoms with Gasteiger partial charge in [-0.2, -0.15) is 0 Å². The van der Waals surface area contributed by atoms with E-state index in [9.17, 15) is 5.21 Å². The van der Waals surface area contributed by atoms with Crippen LogP contribution in [0.3, 0.4) is 0 Å². The summed E-state index contributed by atoms with van der Waals surface area (Å²) >= 11 is 3.46. The highest BCUT2D eigenvalue weighted by Crippen LogP contribution is 2.30. The van der Waals surface area contributed by atoms with Crippen LogP contribution < -0.4 is 0 Å². The standard InChI is InChI=1S/C13H15BrN2O/c1-3-13(16(17)4-2)11-8-15-12-6-5-9(14)7-10(11)12/h4-8,13,15H,3H2,1-2H3/b16-4-. The average molecular weight is 295 g/mol. The Kier molecular flexibility index (Phi) is 3.52. The molecular weight excluding hydrogens is 280 g/mol. The second kappa shape index (κ2) is 4.92. The summed E-state index contributed by atoms with van der Waals surface area (Å²) < 4.78 is 2.04. The van der Waals surface area contributed by atoms with Crippen LogP contribution in [0.25, 0.3) is 10.9 Å². The molecule has 0 amide bonds. The number of hydroxylamine groups is 1. The maximum Gasteiger partial charge on any atom is 0.189 e. The van der Waals surface area contributed by atoms with Gasteiger partial charge in [-0.3, -0.25) is 0 Å². The molecular formula is C13H15BrN2O. The number of H-pyrrole nitrogens is 1. The maximum absolute atomic E-state index is 11.8. The van der Waals surface area contributed by atoms with E-state index in [1.54, 1.807) is 13.1 Å². The van der Waals surface area contributed by atoms with Crippen LogP contribution in [0.4, 0.5) is 0 Å². The molecule has 0 aliphatic heterocycles. The van der Waals surface area contributed by atoms with Crippen molar-refractivity contribution < 1.29 is 4.74 Å². The lowest BCUT2D eigenvalue weighted by Gasteiger charge is -2.14. The van der Waals surface area contributed by atoms with Crippen molar-refractivity contribution in [1.29, 1.82) is 0 Å². The van der Waals surface area contributed by atoms with Gasteiger partial charge >= 0.3 is 0 Å². The number of benzene rings is 1. The lowest BCUT2D eigenvalue weighted by Crippen LogP contribution is -2.12. The molecule has 1 unspecified atom stereocenters. The Morgan fingerprint density at radius 3 is 2.94 bits per heavy atom. The molecule has 2 aromatic rings. The molecule has 1 aromatic heterocycles. The van der Waals surface area contributed by atoms with Crippen molar-refractivity contribution in [1.82, 2.24) is 4.98 Å². The number of rotatable bonds is 3. The minimum absolute atomic E-state index is 0.122. The zero-order chi connectivity index (χ0) is 12.4. The number of aromatic amines is 1. The molecule has 0 aliphatic rings. The zero-order valence-corrected chi connectivity index (χ0v) is 11.5. The Balaban J connectivity index is 2.57. The molecule has 0 saturated carbocycles. The quantitative estimate of drug-likeness (QED) is 0.396. The first-order chi connectivity index (χ1) is 8.17. The van der Waals surface area contributed by atoms with Crippen LogP contribution in [0, 0.1) is 5.21 Å². The van der Waals surface area contributed by atoms with Crippen LogP contribution in [0.5, 0.6) is 0 Å². The highest BCUT2D eigenvalue weighted by atomic mass is 79.9. The predicted molar refractivity (Wildman–Crippen MR) is 74.4 cm³/mol. The fourth-order valence-electron chi connectivity index (χ4n) is 2.11. The molecule has 1 atom stereocenters. The lowest BCUT2D eigenvalue weighted by molar-refractivity contribution is -0.504. The molecule has 0 bridgehead atoms. The van der Waals surface area contributed by atoms with Gasteiger partial charge in [-0.05, 0) is 18.2 Å². The third kappa shape index (κ3) is 2.22. The van der Waals surface area contributed by atoms with E-state index in [2.05, 4.69) is 20.9 Å². The van der Waals surface area contributed by atoms with Crippen molar-refractivity contribution in [2.45, 2.75) is 26.3 Å². The van der Waals surface area contributed by atoms with Gasteiger partial charge in [-0.25, -0.2) is 4.74 Å². The van der Waals surface area contributed by atoms with Crippen molar-refractivity contribution in [2.75, 3.05) is 0 Å². The van der Waals surface area contributed by atoms with Gasteiger partial charge < -0.3 is 10.2 Å². The van der Waals surface area contributed by atoms with E-state index in [1.807, 2.05) is 31.3 Å². The molecule has 1 heterocycles. The predicted octanol–water partition coefficient (Wildman–Crippen LogP) is 3.98. The number of hydrogen-bond donors (Lipinski definition) is 1. The van der Waals surface area contributed by atoms with E-state index in [0.717, 1.165) is 32.1 Å². The summed E-state index contributed by atoms with van der Waals surface area (Å²) in [5.74, 6) is 0. The number of nitrogens with one attached hydrogen (secondary N) is 1. The molecule has 1 aromatic carbocycles. The Labute approximate surface area is 109 Å². The van der Waals surface area contributed by atoms with Crippen LogP contribution in [0.1, 0.15) is 31.9 Å². The monoisotopic (exact) mass is 294 g/mol. The first kappa shape index (κ1) is 12.2. The molecule has 90 valence electrons. The SMILES string of the molecule is C/C=[N+](\[O-])C(CC)c1c[nH]c2ccc(Br)cc12. The van der Waals surface area contributed by atoms with Crippen LogP contribution >= 0.6 is 15.9 Å². The number of aromatic nitrogens is 1. The minimum Gasteiger partial charge on any atom is -0.624 e. The topological polar surface area (TPSA) is 41.9 Å². The molecule has 0 radical (unpaired) electrons. The molecule has 0 aliphatic carbocycles. The van der Waals surface area contributed by atoms with E-state index in [0.29, 0.717) is 0 Å². The third-order valence-corrected chi connectivity index (χ3v) is 3.48. The van der Waals surface area contributed by atoms with E-state index < -0.39 is 0 Å². The normalized spacial score (nSPS) is 14.2. The van der Waals surface area contributed by atoms with E-state index in [4.69, 9.17) is 0 Å². The van der Waals surface area contributed by atoms with E-state index in [-0.39, 0.29) is 6.04 Å². The van der Waals surface area contributed by atoms with Crippen molar-refractivity contribution in [3.63, 3.8) is 0 Å². The second-order valence-electron chi connectivity index (χ2n) is 3.98. The van der Waals surface area contributed by atoms with Gasteiger partial charge in [0.05, 0.1) is 0 Å². The summed E-state index contributed by atoms with van der Waals surface area (Å²) in [5, 5.41) is 12.9. The average Bonchev–Trinajstić information content (AvgIpc) is 2.73. The fourth-order valence-corrected chi connectivity index (χ4v) is 2.47. The molecule has 3 nitrogen and oxygen atoms in total. The zero-order valence-electron chi connectivity index (χ0n) is 9.90. The summed E-state index contributed by atoms with van der Waals surface area (Å²) in [6, 6.07) is 5.93. The summed E-state index contributed by atoms with van der Waals surface area (Å²) in [6.07, 6.45) is 4.29. The van der Waals surface area contributed by atoms with Crippen LogP contribution in [-0.2, 0) is 0 Å². The smallest absolute Gasteiger partial charge is 0.189 e. The fraction of sp³-hybridized carbons (Fsp3) is 0.308. The van der Waals surface area contributed by atoms with Gasteiger partial charge in [-0.1, -0.05) is 22.9 Å². The molecule has 1 N–H and O–H groups in total. The highest BCUT2D eigenvalue weighted by Gasteiger charge is 2.20. The van der Waals surface area contributed by atoms with Crippen molar-refractivity contribution in [3.05, 3.63) is 39.6 Å².